The maximum atomic E-state index is 13.1. The summed E-state index contributed by atoms with van der Waals surface area (Å²) in [4.78, 5) is 14.2. The molecule has 0 saturated heterocycles. The normalized spacial score (nSPS) is 12.1. The fourth-order valence-electron chi connectivity index (χ4n) is 2.23. The summed E-state index contributed by atoms with van der Waals surface area (Å²) in [6.45, 7) is 1.92. The van der Waals surface area contributed by atoms with E-state index in [4.69, 9.17) is 0 Å². The van der Waals surface area contributed by atoms with E-state index in [0.29, 0.717) is 4.88 Å². The van der Waals surface area contributed by atoms with E-state index in [1.165, 1.54) is 23.5 Å². The summed E-state index contributed by atoms with van der Waals surface area (Å²) in [6.07, 6.45) is 0. The largest absolute Gasteiger partial charge is 0.340 e. The van der Waals surface area contributed by atoms with Crippen LogP contribution in [0.3, 0.4) is 0 Å². The summed E-state index contributed by atoms with van der Waals surface area (Å²) >= 11 is 2.99. The Bertz CT molecular complexity index is 762. The topological polar surface area (TPSA) is 29.1 Å². The van der Waals surface area contributed by atoms with Crippen LogP contribution in [0.5, 0.6) is 0 Å². The number of hydrogen-bond acceptors (Lipinski definition) is 3. The lowest BCUT2D eigenvalue weighted by Gasteiger charge is -2.18. The summed E-state index contributed by atoms with van der Waals surface area (Å²) in [5.41, 5.74) is 1.83. The van der Waals surface area contributed by atoms with E-state index < -0.39 is 0 Å². The molecule has 1 amide bonds. The molecule has 0 fully saturated rings. The van der Waals surface area contributed by atoms with E-state index in [2.05, 4.69) is 5.32 Å². The third-order valence-corrected chi connectivity index (χ3v) is 5.33. The first-order valence-corrected chi connectivity index (χ1v) is 8.55. The van der Waals surface area contributed by atoms with Crippen molar-refractivity contribution in [2.75, 3.05) is 0 Å². The Labute approximate surface area is 136 Å². The van der Waals surface area contributed by atoms with E-state index in [1.807, 2.05) is 35.9 Å². The van der Waals surface area contributed by atoms with Gasteiger partial charge in [-0.1, -0.05) is 18.2 Å². The number of amides is 1. The van der Waals surface area contributed by atoms with Gasteiger partial charge in [-0.05, 0) is 53.1 Å². The molecule has 0 aliphatic rings. The van der Waals surface area contributed by atoms with Crippen LogP contribution in [0.15, 0.2) is 53.2 Å². The number of hydrogen-bond donors (Lipinski definition) is 1. The van der Waals surface area contributed by atoms with Gasteiger partial charge in [0.25, 0.3) is 5.91 Å². The standard InChI is InChI=1S/C17H14FNOS2/c1-11-8-10-22-16(11)17(20)19-15(14-3-2-9-21-14)12-4-6-13(18)7-5-12/h2-10,15H,1H3,(H,19,20). The first-order valence-electron chi connectivity index (χ1n) is 6.79. The number of benzene rings is 1. The molecule has 0 spiro atoms. The van der Waals surface area contributed by atoms with Crippen molar-refractivity contribution in [3.8, 4) is 0 Å². The van der Waals surface area contributed by atoms with Crippen LogP contribution < -0.4 is 5.32 Å². The van der Waals surface area contributed by atoms with Crippen LogP contribution in [0.25, 0.3) is 0 Å². The van der Waals surface area contributed by atoms with Crippen LogP contribution in [0.4, 0.5) is 4.39 Å². The molecule has 112 valence electrons. The number of carbonyl (C=O) groups is 1. The van der Waals surface area contributed by atoms with Crippen LogP contribution in [0.1, 0.15) is 31.7 Å². The molecule has 22 heavy (non-hydrogen) atoms. The Morgan fingerprint density at radius 2 is 1.86 bits per heavy atom. The van der Waals surface area contributed by atoms with Gasteiger partial charge in [0.05, 0.1) is 10.9 Å². The number of nitrogens with one attached hydrogen (secondary N) is 1. The molecule has 2 nitrogen and oxygen atoms in total. The monoisotopic (exact) mass is 331 g/mol. The van der Waals surface area contributed by atoms with Gasteiger partial charge in [0.15, 0.2) is 0 Å². The second-order valence-electron chi connectivity index (χ2n) is 4.91. The first-order chi connectivity index (χ1) is 10.6. The summed E-state index contributed by atoms with van der Waals surface area (Å²) in [5.74, 6) is -0.385. The second-order valence-corrected chi connectivity index (χ2v) is 6.80. The predicted molar refractivity (Wildman–Crippen MR) is 89.1 cm³/mol. The molecule has 2 heterocycles. The summed E-state index contributed by atoms with van der Waals surface area (Å²) in [5, 5.41) is 6.93. The average molecular weight is 331 g/mol. The van der Waals surface area contributed by atoms with Crippen molar-refractivity contribution in [2.24, 2.45) is 0 Å². The maximum absolute atomic E-state index is 13.1. The van der Waals surface area contributed by atoms with Crippen LogP contribution in [0.2, 0.25) is 0 Å². The molecule has 0 aliphatic heterocycles. The predicted octanol–water partition coefficient (Wildman–Crippen LogP) is 4.78. The lowest BCUT2D eigenvalue weighted by atomic mass is 10.0. The molecular formula is C17H14FNOS2. The van der Waals surface area contributed by atoms with Crippen LogP contribution in [0, 0.1) is 12.7 Å². The Kier molecular flexibility index (Phi) is 4.36. The van der Waals surface area contributed by atoms with Gasteiger partial charge in [-0.2, -0.15) is 0 Å². The minimum Gasteiger partial charge on any atom is -0.340 e. The first kappa shape index (κ1) is 14.9. The van der Waals surface area contributed by atoms with Crippen molar-refractivity contribution in [1.29, 1.82) is 0 Å². The molecule has 0 aliphatic carbocycles. The van der Waals surface area contributed by atoms with Crippen molar-refractivity contribution in [1.82, 2.24) is 5.32 Å². The quantitative estimate of drug-likeness (QED) is 0.732. The lowest BCUT2D eigenvalue weighted by molar-refractivity contribution is 0.0947. The van der Waals surface area contributed by atoms with Gasteiger partial charge in [-0.3, -0.25) is 4.79 Å². The number of carbonyl (C=O) groups excluding carboxylic acids is 1. The highest BCUT2D eigenvalue weighted by atomic mass is 32.1. The minimum absolute atomic E-state index is 0.102. The molecule has 3 rings (SSSR count). The molecule has 1 unspecified atom stereocenters. The van der Waals surface area contributed by atoms with Gasteiger partial charge in [-0.15, -0.1) is 22.7 Å². The molecule has 1 aromatic carbocycles. The molecule has 0 radical (unpaired) electrons. The molecular weight excluding hydrogens is 317 g/mol. The number of rotatable bonds is 4. The minimum atomic E-state index is -0.283. The number of thiophene rings is 2. The van der Waals surface area contributed by atoms with Gasteiger partial charge < -0.3 is 5.32 Å². The Hall–Kier alpha value is -1.98. The smallest absolute Gasteiger partial charge is 0.262 e. The zero-order valence-corrected chi connectivity index (χ0v) is 13.5. The molecule has 0 bridgehead atoms. The van der Waals surface area contributed by atoms with E-state index >= 15 is 0 Å². The lowest BCUT2D eigenvalue weighted by Crippen LogP contribution is -2.28. The Morgan fingerprint density at radius 1 is 1.09 bits per heavy atom. The maximum Gasteiger partial charge on any atom is 0.262 e. The van der Waals surface area contributed by atoms with Gasteiger partial charge in [0, 0.05) is 4.88 Å². The highest BCUT2D eigenvalue weighted by Gasteiger charge is 2.20. The van der Waals surface area contributed by atoms with Crippen LogP contribution >= 0.6 is 22.7 Å². The Morgan fingerprint density at radius 3 is 2.45 bits per heavy atom. The highest BCUT2D eigenvalue weighted by Crippen LogP contribution is 2.27. The van der Waals surface area contributed by atoms with Crippen molar-refractivity contribution in [3.63, 3.8) is 0 Å². The molecule has 2 aromatic heterocycles. The third-order valence-electron chi connectivity index (χ3n) is 3.37. The molecule has 0 saturated carbocycles. The van der Waals surface area contributed by atoms with E-state index in [9.17, 15) is 9.18 Å². The fraction of sp³-hybridized carbons (Fsp3) is 0.118. The zero-order chi connectivity index (χ0) is 15.5. The van der Waals surface area contributed by atoms with Gasteiger partial charge in [0.1, 0.15) is 5.82 Å². The van der Waals surface area contributed by atoms with Gasteiger partial charge in [0.2, 0.25) is 0 Å². The molecule has 5 heteroatoms. The van der Waals surface area contributed by atoms with Crippen molar-refractivity contribution in [3.05, 3.63) is 79.9 Å². The van der Waals surface area contributed by atoms with Gasteiger partial charge in [-0.25, -0.2) is 4.39 Å². The second kappa shape index (κ2) is 6.42. The third kappa shape index (κ3) is 3.10. The number of aryl methyl sites for hydroxylation is 1. The SMILES string of the molecule is Cc1ccsc1C(=O)NC(c1ccc(F)cc1)c1cccs1. The molecule has 3 aromatic rings. The van der Waals surface area contributed by atoms with E-state index in [0.717, 1.165) is 16.0 Å². The fourth-order valence-corrected chi connectivity index (χ4v) is 3.86. The van der Waals surface area contributed by atoms with Crippen molar-refractivity contribution >= 4 is 28.6 Å². The van der Waals surface area contributed by atoms with Crippen molar-refractivity contribution < 1.29 is 9.18 Å². The summed E-state index contributed by atoms with van der Waals surface area (Å²) < 4.78 is 13.1. The van der Waals surface area contributed by atoms with Crippen LogP contribution in [-0.4, -0.2) is 5.91 Å². The van der Waals surface area contributed by atoms with Gasteiger partial charge >= 0.3 is 0 Å². The number of halogens is 1. The molecule has 1 N–H and O–H groups in total. The Balaban J connectivity index is 1.91. The van der Waals surface area contributed by atoms with E-state index in [-0.39, 0.29) is 17.8 Å². The average Bonchev–Trinajstić information content (AvgIpc) is 3.17. The zero-order valence-electron chi connectivity index (χ0n) is 11.9. The van der Waals surface area contributed by atoms with Crippen LogP contribution in [-0.2, 0) is 0 Å². The highest BCUT2D eigenvalue weighted by molar-refractivity contribution is 7.12. The summed E-state index contributed by atoms with van der Waals surface area (Å²) in [6, 6.07) is 11.8. The molecule has 1 atom stereocenters. The summed E-state index contributed by atoms with van der Waals surface area (Å²) in [7, 11) is 0. The van der Waals surface area contributed by atoms with E-state index in [1.54, 1.807) is 23.5 Å². The van der Waals surface area contributed by atoms with Crippen molar-refractivity contribution in [2.45, 2.75) is 13.0 Å².